The van der Waals surface area contributed by atoms with Crippen LogP contribution in [0.15, 0.2) is 84.9 Å². The van der Waals surface area contributed by atoms with Gasteiger partial charge in [0.15, 0.2) is 23.3 Å². The fourth-order valence-corrected chi connectivity index (χ4v) is 4.82. The zero-order valence-electron chi connectivity index (χ0n) is 20.7. The van der Waals surface area contributed by atoms with Crippen LogP contribution in [0.1, 0.15) is 17.0 Å². The average Bonchev–Trinajstić information content (AvgIpc) is 2.97. The van der Waals surface area contributed by atoms with Crippen LogP contribution in [0.2, 0.25) is 0 Å². The highest BCUT2D eigenvalue weighted by Gasteiger charge is 2.31. The van der Waals surface area contributed by atoms with Crippen LogP contribution in [0.4, 0.5) is 39.0 Å². The van der Waals surface area contributed by atoms with Crippen LogP contribution in [-0.4, -0.2) is 32.1 Å². The number of rotatable bonds is 6. The van der Waals surface area contributed by atoms with Crippen molar-refractivity contribution in [2.24, 2.45) is 0 Å². The number of hydrogen-bond acceptors (Lipinski definition) is 3. The van der Waals surface area contributed by atoms with Gasteiger partial charge in [-0.05, 0) is 35.4 Å². The minimum absolute atomic E-state index is 0.0622. The van der Waals surface area contributed by atoms with Crippen LogP contribution in [0, 0.1) is 29.1 Å². The molecule has 1 aliphatic rings. The van der Waals surface area contributed by atoms with Gasteiger partial charge in [-0.25, -0.2) is 22.0 Å². The van der Waals surface area contributed by atoms with E-state index in [2.05, 4.69) is 5.32 Å². The van der Waals surface area contributed by atoms with Gasteiger partial charge in [-0.15, -0.1) is 0 Å². The molecule has 9 heteroatoms. The predicted molar refractivity (Wildman–Crippen MR) is 140 cm³/mol. The summed E-state index contributed by atoms with van der Waals surface area (Å²) in [6.45, 7) is 0.726. The highest BCUT2D eigenvalue weighted by Crippen LogP contribution is 2.32. The van der Waals surface area contributed by atoms with Crippen molar-refractivity contribution < 1.29 is 26.7 Å². The second-order valence-electron chi connectivity index (χ2n) is 9.18. The maximum absolute atomic E-state index is 14.2. The molecule has 0 atom stereocenters. The highest BCUT2D eigenvalue weighted by molar-refractivity contribution is 5.98. The van der Waals surface area contributed by atoms with Crippen molar-refractivity contribution in [1.82, 2.24) is 0 Å². The van der Waals surface area contributed by atoms with Crippen LogP contribution in [0.25, 0.3) is 0 Å². The SMILES string of the molecule is O=C(Nc1ccc(N2CCN(c3c(F)c(F)c(F)c(F)c3F)CC2)cc1)C(c1ccccc1)c1ccccc1. The van der Waals surface area contributed by atoms with Gasteiger partial charge >= 0.3 is 0 Å². The van der Waals surface area contributed by atoms with Crippen molar-refractivity contribution >= 4 is 23.0 Å². The second-order valence-corrected chi connectivity index (χ2v) is 9.18. The number of nitrogens with one attached hydrogen (secondary N) is 1. The maximum atomic E-state index is 14.2. The Morgan fingerprint density at radius 3 is 1.51 bits per heavy atom. The Morgan fingerprint density at radius 2 is 1.03 bits per heavy atom. The Kier molecular flexibility index (Phi) is 7.49. The quantitative estimate of drug-likeness (QED) is 0.174. The molecule has 4 aromatic rings. The van der Waals surface area contributed by atoms with E-state index in [0.717, 1.165) is 21.7 Å². The minimum Gasteiger partial charge on any atom is -0.368 e. The summed E-state index contributed by atoms with van der Waals surface area (Å²) in [6.07, 6.45) is 0. The Hall–Kier alpha value is -4.40. The topological polar surface area (TPSA) is 35.6 Å². The number of amides is 1. The second kappa shape index (κ2) is 11.1. The van der Waals surface area contributed by atoms with Gasteiger partial charge in [0.2, 0.25) is 11.7 Å². The molecular formula is C30H24F5N3O. The Morgan fingerprint density at radius 1 is 0.590 bits per heavy atom. The lowest BCUT2D eigenvalue weighted by Gasteiger charge is -2.37. The molecule has 1 fully saturated rings. The minimum atomic E-state index is -2.17. The normalized spacial score (nSPS) is 13.6. The molecule has 200 valence electrons. The predicted octanol–water partition coefficient (Wildman–Crippen LogP) is 6.48. The molecule has 5 rings (SSSR count). The van der Waals surface area contributed by atoms with Crippen molar-refractivity contribution in [3.05, 3.63) is 125 Å². The number of halogens is 5. The first kappa shape index (κ1) is 26.2. The summed E-state index contributed by atoms with van der Waals surface area (Å²) < 4.78 is 69.1. The summed E-state index contributed by atoms with van der Waals surface area (Å²) in [5, 5.41) is 2.97. The van der Waals surface area contributed by atoms with E-state index in [-0.39, 0.29) is 19.0 Å². The third-order valence-electron chi connectivity index (χ3n) is 6.81. The van der Waals surface area contributed by atoms with E-state index in [1.807, 2.05) is 77.7 Å². The summed E-state index contributed by atoms with van der Waals surface area (Å²) in [4.78, 5) is 16.4. The van der Waals surface area contributed by atoms with Crippen LogP contribution < -0.4 is 15.1 Å². The highest BCUT2D eigenvalue weighted by atomic mass is 19.2. The Balaban J connectivity index is 1.26. The van der Waals surface area contributed by atoms with E-state index in [1.54, 1.807) is 12.1 Å². The van der Waals surface area contributed by atoms with Crippen molar-refractivity contribution in [2.45, 2.75) is 5.92 Å². The lowest BCUT2D eigenvalue weighted by molar-refractivity contribution is -0.116. The smallest absolute Gasteiger partial charge is 0.236 e. The lowest BCUT2D eigenvalue weighted by atomic mass is 9.90. The number of carbonyl (C=O) groups excluding carboxylic acids is 1. The summed E-state index contributed by atoms with van der Waals surface area (Å²) in [5.41, 5.74) is 2.22. The molecule has 0 spiro atoms. The van der Waals surface area contributed by atoms with E-state index < -0.39 is 40.7 Å². The molecule has 0 bridgehead atoms. The number of anilines is 3. The first-order valence-corrected chi connectivity index (χ1v) is 12.4. The fourth-order valence-electron chi connectivity index (χ4n) is 4.82. The van der Waals surface area contributed by atoms with Crippen molar-refractivity contribution in [3.63, 3.8) is 0 Å². The molecule has 4 aromatic carbocycles. The van der Waals surface area contributed by atoms with Crippen molar-refractivity contribution in [1.29, 1.82) is 0 Å². The van der Waals surface area contributed by atoms with Crippen LogP contribution in [-0.2, 0) is 4.79 Å². The van der Waals surface area contributed by atoms with E-state index >= 15 is 0 Å². The van der Waals surface area contributed by atoms with E-state index in [4.69, 9.17) is 0 Å². The molecule has 0 aliphatic carbocycles. The van der Waals surface area contributed by atoms with E-state index in [0.29, 0.717) is 18.8 Å². The molecule has 0 saturated carbocycles. The lowest BCUT2D eigenvalue weighted by Crippen LogP contribution is -2.47. The van der Waals surface area contributed by atoms with Crippen molar-refractivity contribution in [2.75, 3.05) is 41.3 Å². The van der Waals surface area contributed by atoms with Gasteiger partial charge < -0.3 is 15.1 Å². The van der Waals surface area contributed by atoms with E-state index in [1.165, 1.54) is 0 Å². The molecule has 1 aliphatic heterocycles. The maximum Gasteiger partial charge on any atom is 0.236 e. The summed E-state index contributed by atoms with van der Waals surface area (Å²) in [6, 6.07) is 26.1. The Labute approximate surface area is 222 Å². The molecule has 1 heterocycles. The number of nitrogens with zero attached hydrogens (tertiary/aromatic N) is 2. The molecule has 1 N–H and O–H groups in total. The average molecular weight is 538 g/mol. The molecule has 1 saturated heterocycles. The molecular weight excluding hydrogens is 513 g/mol. The fraction of sp³-hybridized carbons (Fsp3) is 0.167. The number of hydrogen-bond donors (Lipinski definition) is 1. The van der Waals surface area contributed by atoms with Crippen LogP contribution >= 0.6 is 0 Å². The molecule has 0 radical (unpaired) electrons. The number of carbonyl (C=O) groups is 1. The number of piperazine rings is 1. The van der Waals surface area contributed by atoms with Gasteiger partial charge in [0.25, 0.3) is 0 Å². The third kappa shape index (κ3) is 5.30. The number of benzene rings is 4. The van der Waals surface area contributed by atoms with Gasteiger partial charge in [0, 0.05) is 37.6 Å². The molecule has 39 heavy (non-hydrogen) atoms. The van der Waals surface area contributed by atoms with Crippen LogP contribution in [0.5, 0.6) is 0 Å². The van der Waals surface area contributed by atoms with Crippen LogP contribution in [0.3, 0.4) is 0 Å². The van der Waals surface area contributed by atoms with Gasteiger partial charge in [-0.3, -0.25) is 4.79 Å². The van der Waals surface area contributed by atoms with Gasteiger partial charge in [0.1, 0.15) is 5.69 Å². The zero-order valence-corrected chi connectivity index (χ0v) is 20.7. The summed E-state index contributed by atoms with van der Waals surface area (Å²) >= 11 is 0. The third-order valence-corrected chi connectivity index (χ3v) is 6.81. The monoisotopic (exact) mass is 537 g/mol. The zero-order chi connectivity index (χ0) is 27.5. The first-order chi connectivity index (χ1) is 18.8. The Bertz CT molecular complexity index is 1390. The molecule has 0 aromatic heterocycles. The summed E-state index contributed by atoms with van der Waals surface area (Å²) in [5.74, 6) is -10.4. The molecule has 1 amide bonds. The van der Waals surface area contributed by atoms with Gasteiger partial charge in [-0.2, -0.15) is 0 Å². The largest absolute Gasteiger partial charge is 0.368 e. The summed E-state index contributed by atoms with van der Waals surface area (Å²) in [7, 11) is 0. The van der Waals surface area contributed by atoms with Crippen molar-refractivity contribution in [3.8, 4) is 0 Å². The first-order valence-electron chi connectivity index (χ1n) is 12.4. The standard InChI is InChI=1S/C30H24F5N3O/c31-24-25(32)27(34)29(28(35)26(24)33)38-17-15-37(16-18-38)22-13-11-21(12-14-22)36-30(39)23(19-7-3-1-4-8-19)20-9-5-2-6-10-20/h1-14,23H,15-18H2,(H,36,39). The molecule has 4 nitrogen and oxygen atoms in total. The van der Waals surface area contributed by atoms with Gasteiger partial charge in [0.05, 0.1) is 5.92 Å². The van der Waals surface area contributed by atoms with Gasteiger partial charge in [-0.1, -0.05) is 60.7 Å². The van der Waals surface area contributed by atoms with E-state index in [9.17, 15) is 26.7 Å². The molecule has 0 unspecified atom stereocenters.